The van der Waals surface area contributed by atoms with Crippen LogP contribution in [-0.2, 0) is 11.2 Å². The van der Waals surface area contributed by atoms with Crippen molar-refractivity contribution in [1.82, 2.24) is 0 Å². The lowest BCUT2D eigenvalue weighted by molar-refractivity contribution is 0.626. The third-order valence-corrected chi connectivity index (χ3v) is 3.56. The molecule has 0 saturated heterocycles. The second-order valence-corrected chi connectivity index (χ2v) is 4.92. The van der Waals surface area contributed by atoms with Crippen LogP contribution in [-0.4, -0.2) is 0 Å². The highest BCUT2D eigenvalue weighted by molar-refractivity contribution is 9.08. The first kappa shape index (κ1) is 18.1. The molecule has 0 aliphatic heterocycles. The Morgan fingerprint density at radius 1 is 0.909 bits per heavy atom. The molecule has 2 nitrogen and oxygen atoms in total. The van der Waals surface area contributed by atoms with E-state index >= 15 is 0 Å². The summed E-state index contributed by atoms with van der Waals surface area (Å²) in [6.45, 7) is 0. The van der Waals surface area contributed by atoms with Crippen molar-refractivity contribution in [1.29, 1.82) is 10.5 Å². The molecule has 0 unspecified atom stereocenters. The monoisotopic (exact) mass is 382 g/mol. The van der Waals surface area contributed by atoms with E-state index in [1.165, 1.54) is 36.4 Å². The zero-order valence-corrected chi connectivity index (χ0v) is 13.6. The third-order valence-electron chi connectivity index (χ3n) is 2.66. The first-order valence-electron chi connectivity index (χ1n) is 6.04. The standard InChI is InChI=1S/C8H5BrFN.C8H5ClFN/c2*9-4-7-3-8(10)2-1-6(7)5-11/h2*1-3H,4H2. The number of nitriles is 2. The normalized spacial score (nSPS) is 9.18. The van der Waals surface area contributed by atoms with Gasteiger partial charge in [0.15, 0.2) is 0 Å². The number of halogens is 4. The van der Waals surface area contributed by atoms with Crippen LogP contribution < -0.4 is 0 Å². The van der Waals surface area contributed by atoms with Gasteiger partial charge in [0.1, 0.15) is 11.6 Å². The molecule has 0 N–H and O–H groups in total. The molecule has 2 aromatic carbocycles. The first-order chi connectivity index (χ1) is 10.5. The summed E-state index contributed by atoms with van der Waals surface area (Å²) in [6.07, 6.45) is 0. The van der Waals surface area contributed by atoms with Crippen LogP contribution >= 0.6 is 27.5 Å². The molecular formula is C16H10BrClF2N2. The summed E-state index contributed by atoms with van der Waals surface area (Å²) in [4.78, 5) is 0. The fourth-order valence-electron chi connectivity index (χ4n) is 1.56. The molecule has 0 spiro atoms. The van der Waals surface area contributed by atoms with Crippen molar-refractivity contribution >= 4 is 27.5 Å². The number of hydrogen-bond donors (Lipinski definition) is 0. The minimum absolute atomic E-state index is 0.167. The number of benzene rings is 2. The average Bonchev–Trinajstić information content (AvgIpc) is 2.55. The maximum absolute atomic E-state index is 12.5. The van der Waals surface area contributed by atoms with Crippen LogP contribution in [0.15, 0.2) is 36.4 Å². The molecule has 0 fully saturated rings. The first-order valence-corrected chi connectivity index (χ1v) is 7.70. The van der Waals surface area contributed by atoms with Gasteiger partial charge in [-0.15, -0.1) is 11.6 Å². The molecular weight excluding hydrogens is 374 g/mol. The molecule has 0 amide bonds. The van der Waals surface area contributed by atoms with Crippen molar-refractivity contribution in [3.05, 3.63) is 70.3 Å². The average molecular weight is 384 g/mol. The lowest BCUT2D eigenvalue weighted by Gasteiger charge is -1.97. The van der Waals surface area contributed by atoms with Crippen molar-refractivity contribution in [2.75, 3.05) is 0 Å². The summed E-state index contributed by atoms with van der Waals surface area (Å²) < 4.78 is 25.0. The van der Waals surface area contributed by atoms with E-state index in [4.69, 9.17) is 22.1 Å². The van der Waals surface area contributed by atoms with Crippen LogP contribution in [0.4, 0.5) is 8.78 Å². The Balaban J connectivity index is 0.000000220. The predicted molar refractivity (Wildman–Crippen MR) is 84.4 cm³/mol. The largest absolute Gasteiger partial charge is 0.207 e. The van der Waals surface area contributed by atoms with Crippen LogP contribution in [0.1, 0.15) is 22.3 Å². The minimum atomic E-state index is -0.361. The van der Waals surface area contributed by atoms with Gasteiger partial charge in [-0.3, -0.25) is 0 Å². The molecule has 2 aromatic rings. The van der Waals surface area contributed by atoms with Gasteiger partial charge in [0, 0.05) is 11.2 Å². The lowest BCUT2D eigenvalue weighted by Crippen LogP contribution is -1.86. The van der Waals surface area contributed by atoms with Gasteiger partial charge in [0.2, 0.25) is 0 Å². The molecule has 0 aliphatic rings. The van der Waals surface area contributed by atoms with E-state index in [9.17, 15) is 8.78 Å². The molecule has 0 aliphatic carbocycles. The Kier molecular flexibility index (Phi) is 7.52. The second kappa shape index (κ2) is 9.15. The quantitative estimate of drug-likeness (QED) is 0.683. The van der Waals surface area contributed by atoms with Crippen molar-refractivity contribution in [3.8, 4) is 12.1 Å². The van der Waals surface area contributed by atoms with E-state index in [0.717, 1.165) is 0 Å². The van der Waals surface area contributed by atoms with Gasteiger partial charge in [-0.2, -0.15) is 10.5 Å². The van der Waals surface area contributed by atoms with E-state index in [1.807, 2.05) is 12.1 Å². The Hall–Kier alpha value is -1.95. The molecule has 0 radical (unpaired) electrons. The second-order valence-electron chi connectivity index (χ2n) is 4.09. The Morgan fingerprint density at radius 2 is 1.36 bits per heavy atom. The Bertz CT molecular complexity index is 672. The van der Waals surface area contributed by atoms with Gasteiger partial charge in [0.25, 0.3) is 0 Å². The van der Waals surface area contributed by atoms with E-state index in [2.05, 4.69) is 15.9 Å². The number of nitrogens with zero attached hydrogens (tertiary/aromatic N) is 2. The highest BCUT2D eigenvalue weighted by atomic mass is 79.9. The third kappa shape index (κ3) is 5.11. The fourth-order valence-corrected chi connectivity index (χ4v) is 2.25. The Morgan fingerprint density at radius 3 is 1.77 bits per heavy atom. The zero-order valence-electron chi connectivity index (χ0n) is 11.3. The van der Waals surface area contributed by atoms with Gasteiger partial charge >= 0.3 is 0 Å². The van der Waals surface area contributed by atoms with E-state index in [-0.39, 0.29) is 17.5 Å². The van der Waals surface area contributed by atoms with Gasteiger partial charge in [0.05, 0.1) is 23.3 Å². The predicted octanol–water partition coefficient (Wildman–Crippen LogP) is 5.03. The van der Waals surface area contributed by atoms with Gasteiger partial charge in [-0.25, -0.2) is 8.78 Å². The SMILES string of the molecule is N#Cc1ccc(F)cc1CBr.N#Cc1ccc(F)cc1CCl. The van der Waals surface area contributed by atoms with Crippen LogP contribution in [0.3, 0.4) is 0 Å². The highest BCUT2D eigenvalue weighted by Crippen LogP contribution is 2.13. The zero-order chi connectivity index (χ0) is 16.5. The molecule has 22 heavy (non-hydrogen) atoms. The molecule has 0 saturated carbocycles. The van der Waals surface area contributed by atoms with Crippen molar-refractivity contribution in [2.45, 2.75) is 11.2 Å². The topological polar surface area (TPSA) is 47.6 Å². The fraction of sp³-hybridized carbons (Fsp3) is 0.125. The smallest absolute Gasteiger partial charge is 0.123 e. The van der Waals surface area contributed by atoms with Crippen molar-refractivity contribution in [3.63, 3.8) is 0 Å². The van der Waals surface area contributed by atoms with Crippen LogP contribution in [0.25, 0.3) is 0 Å². The maximum Gasteiger partial charge on any atom is 0.123 e. The van der Waals surface area contributed by atoms with E-state index in [1.54, 1.807) is 0 Å². The van der Waals surface area contributed by atoms with Gasteiger partial charge in [-0.1, -0.05) is 15.9 Å². The number of hydrogen-bond acceptors (Lipinski definition) is 2. The van der Waals surface area contributed by atoms with Crippen LogP contribution in [0, 0.1) is 34.3 Å². The summed E-state index contributed by atoms with van der Waals surface area (Å²) in [5.74, 6) is -0.501. The van der Waals surface area contributed by atoms with Crippen LogP contribution in [0.5, 0.6) is 0 Å². The molecule has 2 rings (SSSR count). The Labute approximate surface area is 140 Å². The maximum atomic E-state index is 12.5. The van der Waals surface area contributed by atoms with Crippen molar-refractivity contribution < 1.29 is 8.78 Å². The van der Waals surface area contributed by atoms with Gasteiger partial charge < -0.3 is 0 Å². The molecule has 0 bridgehead atoms. The number of rotatable bonds is 2. The summed E-state index contributed by atoms with van der Waals surface area (Å²) >= 11 is 8.63. The molecule has 6 heteroatoms. The number of alkyl halides is 2. The molecule has 0 aromatic heterocycles. The summed E-state index contributed by atoms with van der Waals surface area (Å²) in [6, 6.07) is 12.0. The molecule has 112 valence electrons. The van der Waals surface area contributed by atoms with E-state index < -0.39 is 0 Å². The highest BCUT2D eigenvalue weighted by Gasteiger charge is 2.01. The summed E-state index contributed by atoms with van der Waals surface area (Å²) in [7, 11) is 0. The lowest BCUT2D eigenvalue weighted by atomic mass is 10.1. The summed E-state index contributed by atoms with van der Waals surface area (Å²) in [5.41, 5.74) is 2.17. The van der Waals surface area contributed by atoms with Gasteiger partial charge in [-0.05, 0) is 47.5 Å². The van der Waals surface area contributed by atoms with Crippen LogP contribution in [0.2, 0.25) is 0 Å². The van der Waals surface area contributed by atoms with E-state index in [0.29, 0.717) is 27.6 Å². The van der Waals surface area contributed by atoms with Crippen molar-refractivity contribution in [2.24, 2.45) is 0 Å². The summed E-state index contributed by atoms with van der Waals surface area (Å²) in [5, 5.41) is 17.6. The molecule has 0 atom stereocenters. The minimum Gasteiger partial charge on any atom is -0.207 e. The molecule has 0 heterocycles.